The van der Waals surface area contributed by atoms with Crippen LogP contribution in [0.15, 0.2) is 24.3 Å². The van der Waals surface area contributed by atoms with E-state index < -0.39 is 0 Å². The zero-order valence-corrected chi connectivity index (χ0v) is 13.6. The lowest BCUT2D eigenvalue weighted by atomic mass is 9.86. The normalized spacial score (nSPS) is 16.1. The molecule has 2 atom stereocenters. The fourth-order valence-corrected chi connectivity index (χ4v) is 2.72. The number of hydrazine groups is 1. The second-order valence-electron chi connectivity index (χ2n) is 6.04. The number of rotatable bonds is 8. The molecule has 0 aliphatic rings. The maximum Gasteiger partial charge on any atom is 0.0858 e. The molecule has 0 saturated carbocycles. The van der Waals surface area contributed by atoms with E-state index in [2.05, 4.69) is 57.4 Å². The Kier molecular flexibility index (Phi) is 6.66. The topological polar surface area (TPSA) is 47.3 Å². The lowest BCUT2D eigenvalue weighted by Gasteiger charge is -2.36. The standard InChI is InChI=1S/C17H30N2O/c1-6-17(5,20-7-2)16(19-18)15-10-8-9-14(12-15)11-13(3)4/h8-10,12-13,16,19H,6-7,11,18H2,1-5H3. The van der Waals surface area contributed by atoms with Crippen LogP contribution >= 0.6 is 0 Å². The van der Waals surface area contributed by atoms with Crippen LogP contribution in [-0.2, 0) is 11.2 Å². The number of benzene rings is 1. The molecule has 2 unspecified atom stereocenters. The summed E-state index contributed by atoms with van der Waals surface area (Å²) in [6.45, 7) is 11.4. The van der Waals surface area contributed by atoms with Crippen molar-refractivity contribution in [3.63, 3.8) is 0 Å². The molecule has 1 aromatic rings. The number of hydrogen-bond acceptors (Lipinski definition) is 3. The highest BCUT2D eigenvalue weighted by Gasteiger charge is 2.33. The minimum absolute atomic E-state index is 0.000405. The second-order valence-corrected chi connectivity index (χ2v) is 6.04. The third-order valence-corrected chi connectivity index (χ3v) is 3.88. The van der Waals surface area contributed by atoms with E-state index in [1.165, 1.54) is 11.1 Å². The average molecular weight is 278 g/mol. The Morgan fingerprint density at radius 3 is 2.50 bits per heavy atom. The highest BCUT2D eigenvalue weighted by Crippen LogP contribution is 2.32. The number of ether oxygens (including phenoxy) is 1. The van der Waals surface area contributed by atoms with Crippen molar-refractivity contribution in [2.75, 3.05) is 6.61 Å². The molecule has 0 aliphatic carbocycles. The fraction of sp³-hybridized carbons (Fsp3) is 0.647. The molecule has 114 valence electrons. The van der Waals surface area contributed by atoms with E-state index >= 15 is 0 Å². The van der Waals surface area contributed by atoms with Gasteiger partial charge in [-0.1, -0.05) is 45.0 Å². The van der Waals surface area contributed by atoms with E-state index in [1.807, 2.05) is 6.92 Å². The first-order valence-electron chi connectivity index (χ1n) is 7.65. The van der Waals surface area contributed by atoms with Crippen molar-refractivity contribution in [3.8, 4) is 0 Å². The molecule has 0 aromatic heterocycles. The zero-order valence-electron chi connectivity index (χ0n) is 13.6. The Balaban J connectivity index is 3.05. The molecule has 0 fully saturated rings. The van der Waals surface area contributed by atoms with Gasteiger partial charge in [-0.05, 0) is 43.7 Å². The molecule has 0 spiro atoms. The van der Waals surface area contributed by atoms with Crippen LogP contribution in [0.3, 0.4) is 0 Å². The Hall–Kier alpha value is -0.900. The smallest absolute Gasteiger partial charge is 0.0858 e. The molecule has 0 aliphatic heterocycles. The van der Waals surface area contributed by atoms with Gasteiger partial charge in [0.1, 0.15) is 0 Å². The van der Waals surface area contributed by atoms with Gasteiger partial charge in [-0.15, -0.1) is 0 Å². The molecular formula is C17H30N2O. The third-order valence-electron chi connectivity index (χ3n) is 3.88. The van der Waals surface area contributed by atoms with Gasteiger partial charge in [-0.25, -0.2) is 0 Å². The second kappa shape index (κ2) is 7.77. The summed E-state index contributed by atoms with van der Waals surface area (Å²) in [5, 5.41) is 0. The summed E-state index contributed by atoms with van der Waals surface area (Å²) in [5.74, 6) is 6.47. The first-order valence-corrected chi connectivity index (χ1v) is 7.65. The molecule has 1 rings (SSSR count). The molecule has 0 amide bonds. The summed E-state index contributed by atoms with van der Waals surface area (Å²) in [7, 11) is 0. The van der Waals surface area contributed by atoms with Crippen molar-refractivity contribution in [2.24, 2.45) is 11.8 Å². The highest BCUT2D eigenvalue weighted by atomic mass is 16.5. The van der Waals surface area contributed by atoms with Gasteiger partial charge in [-0.3, -0.25) is 11.3 Å². The molecule has 1 aromatic carbocycles. The number of nitrogens with two attached hydrogens (primary N) is 1. The first kappa shape index (κ1) is 17.2. The summed E-state index contributed by atoms with van der Waals surface area (Å²) in [6, 6.07) is 8.67. The van der Waals surface area contributed by atoms with Crippen molar-refractivity contribution < 1.29 is 4.74 Å². The third kappa shape index (κ3) is 4.30. The monoisotopic (exact) mass is 278 g/mol. The van der Waals surface area contributed by atoms with E-state index in [4.69, 9.17) is 10.6 Å². The van der Waals surface area contributed by atoms with Gasteiger partial charge in [0.05, 0.1) is 11.6 Å². The van der Waals surface area contributed by atoms with E-state index in [0.29, 0.717) is 12.5 Å². The van der Waals surface area contributed by atoms with Crippen molar-refractivity contribution in [2.45, 2.75) is 59.1 Å². The molecular weight excluding hydrogens is 248 g/mol. The van der Waals surface area contributed by atoms with Gasteiger partial charge in [-0.2, -0.15) is 0 Å². The molecule has 3 N–H and O–H groups in total. The van der Waals surface area contributed by atoms with Crippen LogP contribution in [0.2, 0.25) is 0 Å². The maximum absolute atomic E-state index is 5.96. The van der Waals surface area contributed by atoms with Crippen LogP contribution < -0.4 is 11.3 Å². The van der Waals surface area contributed by atoms with Gasteiger partial charge >= 0.3 is 0 Å². The zero-order chi connectivity index (χ0) is 15.2. The summed E-state index contributed by atoms with van der Waals surface area (Å²) >= 11 is 0. The molecule has 3 heteroatoms. The summed E-state index contributed by atoms with van der Waals surface area (Å²) in [4.78, 5) is 0. The summed E-state index contributed by atoms with van der Waals surface area (Å²) in [5.41, 5.74) is 5.21. The van der Waals surface area contributed by atoms with E-state index in [0.717, 1.165) is 12.8 Å². The van der Waals surface area contributed by atoms with Gasteiger partial charge in [0.15, 0.2) is 0 Å². The van der Waals surface area contributed by atoms with Crippen molar-refractivity contribution in [3.05, 3.63) is 35.4 Å². The average Bonchev–Trinajstić information content (AvgIpc) is 2.39. The molecule has 0 radical (unpaired) electrons. The van der Waals surface area contributed by atoms with Crippen LogP contribution in [0.1, 0.15) is 58.2 Å². The van der Waals surface area contributed by atoms with Crippen molar-refractivity contribution in [1.82, 2.24) is 5.43 Å². The summed E-state index contributed by atoms with van der Waals surface area (Å²) in [6.07, 6.45) is 1.99. The number of nitrogens with one attached hydrogen (secondary N) is 1. The fourth-order valence-electron chi connectivity index (χ4n) is 2.72. The maximum atomic E-state index is 5.96. The Labute approximate surface area is 123 Å². The number of hydrogen-bond donors (Lipinski definition) is 2. The Bertz CT molecular complexity index is 406. The van der Waals surface area contributed by atoms with Crippen LogP contribution in [-0.4, -0.2) is 12.2 Å². The molecule has 0 heterocycles. The minimum atomic E-state index is -0.292. The summed E-state index contributed by atoms with van der Waals surface area (Å²) < 4.78 is 5.96. The van der Waals surface area contributed by atoms with Crippen LogP contribution in [0.5, 0.6) is 0 Å². The van der Waals surface area contributed by atoms with Gasteiger partial charge in [0, 0.05) is 6.61 Å². The van der Waals surface area contributed by atoms with Gasteiger partial charge < -0.3 is 4.74 Å². The first-order chi connectivity index (χ1) is 9.46. The van der Waals surface area contributed by atoms with E-state index in [9.17, 15) is 0 Å². The van der Waals surface area contributed by atoms with Gasteiger partial charge in [0.2, 0.25) is 0 Å². The Morgan fingerprint density at radius 2 is 2.00 bits per heavy atom. The molecule has 3 nitrogen and oxygen atoms in total. The molecule has 0 saturated heterocycles. The highest BCUT2D eigenvalue weighted by molar-refractivity contribution is 5.28. The predicted molar refractivity (Wildman–Crippen MR) is 85.4 cm³/mol. The van der Waals surface area contributed by atoms with Gasteiger partial charge in [0.25, 0.3) is 0 Å². The lowest BCUT2D eigenvalue weighted by molar-refractivity contribution is -0.0564. The predicted octanol–water partition coefficient (Wildman–Crippen LogP) is 3.59. The van der Waals surface area contributed by atoms with Crippen molar-refractivity contribution >= 4 is 0 Å². The lowest BCUT2D eigenvalue weighted by Crippen LogP contribution is -2.46. The quantitative estimate of drug-likeness (QED) is 0.564. The molecule has 0 bridgehead atoms. The van der Waals surface area contributed by atoms with Crippen LogP contribution in [0.4, 0.5) is 0 Å². The van der Waals surface area contributed by atoms with E-state index in [-0.39, 0.29) is 11.6 Å². The van der Waals surface area contributed by atoms with Crippen LogP contribution in [0.25, 0.3) is 0 Å². The minimum Gasteiger partial charge on any atom is -0.374 e. The molecule has 20 heavy (non-hydrogen) atoms. The van der Waals surface area contributed by atoms with Crippen LogP contribution in [0, 0.1) is 5.92 Å². The van der Waals surface area contributed by atoms with E-state index in [1.54, 1.807) is 0 Å². The SMILES string of the molecule is CCOC(C)(CC)C(NN)c1cccc(CC(C)C)c1. The Morgan fingerprint density at radius 1 is 1.30 bits per heavy atom. The van der Waals surface area contributed by atoms with Crippen molar-refractivity contribution in [1.29, 1.82) is 0 Å². The largest absolute Gasteiger partial charge is 0.374 e.